The first-order chi connectivity index (χ1) is 11.6. The van der Waals surface area contributed by atoms with Gasteiger partial charge >= 0.3 is 0 Å². The average molecular weight is 318 g/mol. The Kier molecular flexibility index (Phi) is 4.52. The predicted molar refractivity (Wildman–Crippen MR) is 96.7 cm³/mol. The van der Waals surface area contributed by atoms with E-state index in [-0.39, 0.29) is 0 Å². The largest absolute Gasteiger partial charge is 0.377 e. The van der Waals surface area contributed by atoms with E-state index in [2.05, 4.69) is 0 Å². The van der Waals surface area contributed by atoms with Crippen LogP contribution in [0.1, 0.15) is 23.6 Å². The SMILES string of the molecule is CO[C@](C)(c1ccccc1)C(O)(c1ccccc1)c1ccccc1. The van der Waals surface area contributed by atoms with Crippen LogP contribution >= 0.6 is 0 Å². The highest BCUT2D eigenvalue weighted by Crippen LogP contribution is 2.47. The Morgan fingerprint density at radius 1 is 0.625 bits per heavy atom. The molecule has 0 bridgehead atoms. The second-order valence-corrected chi connectivity index (χ2v) is 6.05. The van der Waals surface area contributed by atoms with Crippen molar-refractivity contribution in [1.29, 1.82) is 0 Å². The standard InChI is InChI=1S/C22H22O2/c1-21(24-2,18-12-6-3-7-13-18)22(23,19-14-8-4-9-15-19)20-16-10-5-11-17-20/h3-17,23H,1-2H3/t21-/m1/s1. The molecule has 2 heteroatoms. The maximum atomic E-state index is 12.0. The fourth-order valence-electron chi connectivity index (χ4n) is 3.31. The van der Waals surface area contributed by atoms with Crippen LogP contribution in [0.4, 0.5) is 0 Å². The number of hydrogen-bond donors (Lipinski definition) is 1. The van der Waals surface area contributed by atoms with E-state index in [9.17, 15) is 5.11 Å². The van der Waals surface area contributed by atoms with Gasteiger partial charge in [0.1, 0.15) is 11.2 Å². The second kappa shape index (κ2) is 6.60. The summed E-state index contributed by atoms with van der Waals surface area (Å²) in [4.78, 5) is 0. The van der Waals surface area contributed by atoms with E-state index >= 15 is 0 Å². The molecule has 1 N–H and O–H groups in total. The summed E-state index contributed by atoms with van der Waals surface area (Å²) in [5.74, 6) is 0. The summed E-state index contributed by atoms with van der Waals surface area (Å²) in [5.41, 5.74) is 0.235. The molecular formula is C22H22O2. The highest BCUT2D eigenvalue weighted by Gasteiger charge is 2.51. The lowest BCUT2D eigenvalue weighted by molar-refractivity contribution is -0.150. The van der Waals surface area contributed by atoms with Crippen molar-refractivity contribution in [3.05, 3.63) is 108 Å². The van der Waals surface area contributed by atoms with Crippen molar-refractivity contribution in [2.75, 3.05) is 7.11 Å². The van der Waals surface area contributed by atoms with Crippen LogP contribution in [0.3, 0.4) is 0 Å². The van der Waals surface area contributed by atoms with Crippen LogP contribution in [0.2, 0.25) is 0 Å². The fourth-order valence-corrected chi connectivity index (χ4v) is 3.31. The third-order valence-corrected chi connectivity index (χ3v) is 4.81. The number of aliphatic hydroxyl groups is 1. The Morgan fingerprint density at radius 3 is 1.29 bits per heavy atom. The monoisotopic (exact) mass is 318 g/mol. The van der Waals surface area contributed by atoms with Crippen molar-refractivity contribution in [1.82, 2.24) is 0 Å². The molecule has 0 unspecified atom stereocenters. The Morgan fingerprint density at radius 2 is 0.958 bits per heavy atom. The molecular weight excluding hydrogens is 296 g/mol. The Balaban J connectivity index is 2.29. The lowest BCUT2D eigenvalue weighted by Gasteiger charge is -2.45. The summed E-state index contributed by atoms with van der Waals surface area (Å²) in [5, 5.41) is 12.0. The Bertz CT molecular complexity index is 729. The van der Waals surface area contributed by atoms with Gasteiger partial charge in [-0.2, -0.15) is 0 Å². The fraction of sp³-hybridized carbons (Fsp3) is 0.182. The number of rotatable bonds is 5. The van der Waals surface area contributed by atoms with Gasteiger partial charge in [0.05, 0.1) is 0 Å². The van der Waals surface area contributed by atoms with Crippen molar-refractivity contribution in [3.63, 3.8) is 0 Å². The average Bonchev–Trinajstić information content (AvgIpc) is 2.68. The molecule has 0 aliphatic rings. The van der Waals surface area contributed by atoms with E-state index in [0.717, 1.165) is 16.7 Å². The zero-order chi connectivity index (χ0) is 17.0. The number of methoxy groups -OCH3 is 1. The van der Waals surface area contributed by atoms with Gasteiger partial charge in [0.2, 0.25) is 0 Å². The molecule has 0 aliphatic carbocycles. The zero-order valence-electron chi connectivity index (χ0n) is 14.0. The van der Waals surface area contributed by atoms with E-state index in [1.807, 2.05) is 97.9 Å². The molecule has 1 atom stereocenters. The molecule has 0 fully saturated rings. The van der Waals surface area contributed by atoms with Crippen LogP contribution in [0, 0.1) is 0 Å². The molecule has 0 heterocycles. The van der Waals surface area contributed by atoms with E-state index < -0.39 is 11.2 Å². The smallest absolute Gasteiger partial charge is 0.147 e. The summed E-state index contributed by atoms with van der Waals surface area (Å²) in [6, 6.07) is 29.2. The molecule has 3 rings (SSSR count). The zero-order valence-corrected chi connectivity index (χ0v) is 14.0. The lowest BCUT2D eigenvalue weighted by atomic mass is 9.70. The molecule has 0 amide bonds. The third-order valence-electron chi connectivity index (χ3n) is 4.81. The van der Waals surface area contributed by atoms with E-state index in [4.69, 9.17) is 4.74 Å². The molecule has 122 valence electrons. The minimum absolute atomic E-state index is 0.796. The van der Waals surface area contributed by atoms with Crippen LogP contribution in [0.5, 0.6) is 0 Å². The highest BCUT2D eigenvalue weighted by atomic mass is 16.5. The number of hydrogen-bond acceptors (Lipinski definition) is 2. The van der Waals surface area contributed by atoms with Gasteiger partial charge in [0.25, 0.3) is 0 Å². The van der Waals surface area contributed by atoms with E-state index in [1.54, 1.807) is 7.11 Å². The maximum Gasteiger partial charge on any atom is 0.147 e. The molecule has 24 heavy (non-hydrogen) atoms. The first-order valence-corrected chi connectivity index (χ1v) is 8.07. The summed E-state index contributed by atoms with van der Waals surface area (Å²) in [6.07, 6.45) is 0. The van der Waals surface area contributed by atoms with Gasteiger partial charge in [-0.05, 0) is 23.6 Å². The van der Waals surface area contributed by atoms with Crippen LogP contribution in [-0.2, 0) is 15.9 Å². The molecule has 3 aromatic carbocycles. The van der Waals surface area contributed by atoms with Crippen molar-refractivity contribution in [2.45, 2.75) is 18.1 Å². The van der Waals surface area contributed by atoms with E-state index in [1.165, 1.54) is 0 Å². The molecule has 0 radical (unpaired) electrons. The topological polar surface area (TPSA) is 29.5 Å². The van der Waals surface area contributed by atoms with Gasteiger partial charge in [0, 0.05) is 7.11 Å². The van der Waals surface area contributed by atoms with Crippen molar-refractivity contribution in [3.8, 4) is 0 Å². The van der Waals surface area contributed by atoms with Crippen molar-refractivity contribution in [2.24, 2.45) is 0 Å². The molecule has 0 saturated carbocycles. The maximum absolute atomic E-state index is 12.0. The normalized spacial score (nSPS) is 14.1. The molecule has 3 aromatic rings. The Labute approximate surface area is 143 Å². The highest BCUT2D eigenvalue weighted by molar-refractivity contribution is 5.43. The van der Waals surface area contributed by atoms with Gasteiger partial charge in [-0.1, -0.05) is 91.0 Å². The van der Waals surface area contributed by atoms with Gasteiger partial charge < -0.3 is 9.84 Å². The van der Waals surface area contributed by atoms with Crippen molar-refractivity contribution < 1.29 is 9.84 Å². The molecule has 2 nitrogen and oxygen atoms in total. The van der Waals surface area contributed by atoms with Gasteiger partial charge in [-0.3, -0.25) is 0 Å². The third kappa shape index (κ3) is 2.54. The minimum Gasteiger partial charge on any atom is -0.377 e. The van der Waals surface area contributed by atoms with Crippen LogP contribution in [0.15, 0.2) is 91.0 Å². The first-order valence-electron chi connectivity index (χ1n) is 8.07. The number of ether oxygens (including phenoxy) is 1. The molecule has 0 aliphatic heterocycles. The summed E-state index contributed by atoms with van der Waals surface area (Å²) < 4.78 is 5.95. The molecule has 0 aromatic heterocycles. The van der Waals surface area contributed by atoms with E-state index in [0.29, 0.717) is 0 Å². The quantitative estimate of drug-likeness (QED) is 0.751. The minimum atomic E-state index is -1.33. The van der Waals surface area contributed by atoms with Crippen molar-refractivity contribution >= 4 is 0 Å². The lowest BCUT2D eigenvalue weighted by Crippen LogP contribution is -2.49. The second-order valence-electron chi connectivity index (χ2n) is 6.05. The predicted octanol–water partition coefficient (Wildman–Crippen LogP) is 4.48. The Hall–Kier alpha value is -2.42. The first kappa shape index (κ1) is 16.4. The van der Waals surface area contributed by atoms with Gasteiger partial charge in [-0.15, -0.1) is 0 Å². The van der Waals surface area contributed by atoms with Crippen LogP contribution in [0.25, 0.3) is 0 Å². The summed E-state index contributed by atoms with van der Waals surface area (Å²) >= 11 is 0. The molecule has 0 spiro atoms. The van der Waals surface area contributed by atoms with Crippen LogP contribution in [-0.4, -0.2) is 12.2 Å². The molecule has 0 saturated heterocycles. The number of benzene rings is 3. The van der Waals surface area contributed by atoms with Crippen LogP contribution < -0.4 is 0 Å². The summed E-state index contributed by atoms with van der Waals surface area (Å²) in [6.45, 7) is 1.93. The summed E-state index contributed by atoms with van der Waals surface area (Å²) in [7, 11) is 1.64. The van der Waals surface area contributed by atoms with Gasteiger partial charge in [-0.25, -0.2) is 0 Å². The van der Waals surface area contributed by atoms with Gasteiger partial charge in [0.15, 0.2) is 0 Å².